The molecule has 0 aromatic heterocycles. The van der Waals surface area contributed by atoms with E-state index in [1.165, 1.54) is 42.4 Å². The van der Waals surface area contributed by atoms with Crippen LogP contribution in [0.25, 0.3) is 6.08 Å². The van der Waals surface area contributed by atoms with E-state index >= 15 is 0 Å². The number of morpholine rings is 1. The highest BCUT2D eigenvalue weighted by Crippen LogP contribution is 2.27. The van der Waals surface area contributed by atoms with Crippen molar-refractivity contribution in [1.29, 1.82) is 0 Å². The summed E-state index contributed by atoms with van der Waals surface area (Å²) in [7, 11) is 1.47. The molecule has 6 nitrogen and oxygen atoms in total. The molecule has 0 atom stereocenters. The Balaban J connectivity index is 1.82. The van der Waals surface area contributed by atoms with Crippen molar-refractivity contribution in [3.05, 3.63) is 65.5 Å². The van der Waals surface area contributed by atoms with E-state index in [-0.39, 0.29) is 16.9 Å². The third kappa shape index (κ3) is 4.75. The van der Waals surface area contributed by atoms with Crippen LogP contribution in [-0.2, 0) is 4.74 Å². The standard InChI is InChI=1S/C21H20FNO5/c1-26-16-7-8-17(19(24)9-6-15-4-2-3-5-18(15)22)20(14-16)28-21(25)23-10-12-27-13-11-23/h2-9,14H,10-13H2,1H3. The quantitative estimate of drug-likeness (QED) is 0.582. The Morgan fingerprint density at radius 3 is 2.61 bits per heavy atom. The lowest BCUT2D eigenvalue weighted by molar-refractivity contribution is 0.0415. The fourth-order valence-electron chi connectivity index (χ4n) is 2.69. The van der Waals surface area contributed by atoms with Gasteiger partial charge in [-0.25, -0.2) is 9.18 Å². The average Bonchev–Trinajstić information content (AvgIpc) is 2.73. The highest BCUT2D eigenvalue weighted by molar-refractivity contribution is 6.09. The van der Waals surface area contributed by atoms with E-state index in [1.807, 2.05) is 0 Å². The first kappa shape index (κ1) is 19.6. The van der Waals surface area contributed by atoms with Crippen LogP contribution in [0.2, 0.25) is 0 Å². The molecular weight excluding hydrogens is 365 g/mol. The number of carbonyl (C=O) groups is 2. The molecular formula is C21H20FNO5. The zero-order chi connectivity index (χ0) is 19.9. The highest BCUT2D eigenvalue weighted by atomic mass is 19.1. The van der Waals surface area contributed by atoms with Crippen LogP contribution in [-0.4, -0.2) is 50.2 Å². The molecule has 1 amide bonds. The van der Waals surface area contributed by atoms with Crippen molar-refractivity contribution in [1.82, 2.24) is 4.90 Å². The molecule has 7 heteroatoms. The molecule has 0 bridgehead atoms. The number of carbonyl (C=O) groups excluding carboxylic acids is 2. The van der Waals surface area contributed by atoms with Gasteiger partial charge in [0.15, 0.2) is 5.78 Å². The molecule has 3 rings (SSSR count). The van der Waals surface area contributed by atoms with Crippen LogP contribution in [0, 0.1) is 5.82 Å². The van der Waals surface area contributed by atoms with E-state index in [4.69, 9.17) is 14.2 Å². The minimum Gasteiger partial charge on any atom is -0.497 e. The lowest BCUT2D eigenvalue weighted by Crippen LogP contribution is -2.42. The van der Waals surface area contributed by atoms with Crippen molar-refractivity contribution in [2.45, 2.75) is 0 Å². The molecule has 28 heavy (non-hydrogen) atoms. The zero-order valence-electron chi connectivity index (χ0n) is 15.4. The Kier molecular flexibility index (Phi) is 6.39. The number of nitrogens with zero attached hydrogens (tertiary/aromatic N) is 1. The van der Waals surface area contributed by atoms with Crippen molar-refractivity contribution < 1.29 is 28.2 Å². The third-order valence-corrected chi connectivity index (χ3v) is 4.24. The molecule has 1 fully saturated rings. The van der Waals surface area contributed by atoms with Gasteiger partial charge in [0.2, 0.25) is 0 Å². The summed E-state index contributed by atoms with van der Waals surface area (Å²) in [5, 5.41) is 0. The second-order valence-electron chi connectivity index (χ2n) is 6.05. The molecule has 0 radical (unpaired) electrons. The van der Waals surface area contributed by atoms with Crippen LogP contribution in [0.5, 0.6) is 11.5 Å². The maximum absolute atomic E-state index is 13.7. The van der Waals surface area contributed by atoms with Gasteiger partial charge in [0, 0.05) is 24.7 Å². The van der Waals surface area contributed by atoms with E-state index < -0.39 is 17.7 Å². The molecule has 0 unspecified atom stereocenters. The summed E-state index contributed by atoms with van der Waals surface area (Å²) < 4.78 is 29.6. The van der Waals surface area contributed by atoms with Crippen LogP contribution in [0.1, 0.15) is 15.9 Å². The Morgan fingerprint density at radius 2 is 1.89 bits per heavy atom. The SMILES string of the molecule is COc1ccc(C(=O)C=Cc2ccccc2F)c(OC(=O)N2CCOCC2)c1. The summed E-state index contributed by atoms with van der Waals surface area (Å²) in [6, 6.07) is 10.7. The van der Waals surface area contributed by atoms with Gasteiger partial charge in [-0.05, 0) is 30.4 Å². The number of hydrogen-bond acceptors (Lipinski definition) is 5. The number of ketones is 1. The van der Waals surface area contributed by atoms with Crippen LogP contribution in [0.4, 0.5) is 9.18 Å². The van der Waals surface area contributed by atoms with Crippen LogP contribution >= 0.6 is 0 Å². The maximum atomic E-state index is 13.7. The summed E-state index contributed by atoms with van der Waals surface area (Å²) in [5.74, 6) is -0.325. The van der Waals surface area contributed by atoms with E-state index in [0.717, 1.165) is 0 Å². The Hall–Kier alpha value is -3.19. The summed E-state index contributed by atoms with van der Waals surface area (Å²) >= 11 is 0. The minimum absolute atomic E-state index is 0.0824. The molecule has 146 valence electrons. The third-order valence-electron chi connectivity index (χ3n) is 4.24. The molecule has 2 aromatic rings. The molecule has 0 saturated carbocycles. The number of hydrogen-bond donors (Lipinski definition) is 0. The predicted molar refractivity (Wildman–Crippen MR) is 101 cm³/mol. The summed E-state index contributed by atoms with van der Waals surface area (Å²) in [4.78, 5) is 26.5. The molecule has 1 aliphatic rings. The number of ether oxygens (including phenoxy) is 3. The van der Waals surface area contributed by atoms with Gasteiger partial charge in [0.25, 0.3) is 0 Å². The van der Waals surface area contributed by atoms with Crippen molar-refractivity contribution in [2.75, 3.05) is 33.4 Å². The Morgan fingerprint density at radius 1 is 1.14 bits per heavy atom. The Labute approximate surface area is 162 Å². The average molecular weight is 385 g/mol. The molecule has 1 heterocycles. The van der Waals surface area contributed by atoms with Gasteiger partial charge < -0.3 is 19.1 Å². The summed E-state index contributed by atoms with van der Waals surface area (Å²) in [5.41, 5.74) is 0.464. The summed E-state index contributed by atoms with van der Waals surface area (Å²) in [6.45, 7) is 1.70. The fourth-order valence-corrected chi connectivity index (χ4v) is 2.69. The first-order valence-electron chi connectivity index (χ1n) is 8.78. The lowest BCUT2D eigenvalue weighted by Gasteiger charge is -2.26. The van der Waals surface area contributed by atoms with Gasteiger partial charge in [0.05, 0.1) is 25.9 Å². The van der Waals surface area contributed by atoms with Gasteiger partial charge in [-0.2, -0.15) is 0 Å². The molecule has 0 aliphatic carbocycles. The number of amides is 1. The Bertz CT molecular complexity index is 890. The highest BCUT2D eigenvalue weighted by Gasteiger charge is 2.21. The maximum Gasteiger partial charge on any atom is 0.415 e. The van der Waals surface area contributed by atoms with Gasteiger partial charge in [-0.15, -0.1) is 0 Å². The normalized spacial score (nSPS) is 14.1. The molecule has 1 saturated heterocycles. The van der Waals surface area contributed by atoms with Crippen molar-refractivity contribution >= 4 is 18.0 Å². The monoisotopic (exact) mass is 385 g/mol. The van der Waals surface area contributed by atoms with Crippen molar-refractivity contribution in [2.24, 2.45) is 0 Å². The van der Waals surface area contributed by atoms with E-state index in [0.29, 0.717) is 32.1 Å². The molecule has 0 N–H and O–H groups in total. The number of benzene rings is 2. The fraction of sp³-hybridized carbons (Fsp3) is 0.238. The number of methoxy groups -OCH3 is 1. The second-order valence-corrected chi connectivity index (χ2v) is 6.05. The van der Waals surface area contributed by atoms with E-state index in [9.17, 15) is 14.0 Å². The topological polar surface area (TPSA) is 65.1 Å². The first-order valence-corrected chi connectivity index (χ1v) is 8.78. The summed E-state index contributed by atoms with van der Waals surface area (Å²) in [6.07, 6.45) is 2.06. The largest absolute Gasteiger partial charge is 0.497 e. The van der Waals surface area contributed by atoms with Crippen LogP contribution in [0.3, 0.4) is 0 Å². The smallest absolute Gasteiger partial charge is 0.415 e. The first-order chi connectivity index (χ1) is 13.6. The minimum atomic E-state index is -0.566. The number of allylic oxidation sites excluding steroid dienone is 1. The van der Waals surface area contributed by atoms with Crippen molar-refractivity contribution in [3.63, 3.8) is 0 Å². The van der Waals surface area contributed by atoms with Crippen LogP contribution < -0.4 is 9.47 Å². The number of rotatable bonds is 5. The van der Waals surface area contributed by atoms with Crippen LogP contribution in [0.15, 0.2) is 48.5 Å². The van der Waals surface area contributed by atoms with Gasteiger partial charge >= 0.3 is 6.09 Å². The molecule has 2 aromatic carbocycles. The van der Waals surface area contributed by atoms with E-state index in [1.54, 1.807) is 24.3 Å². The second kappa shape index (κ2) is 9.14. The van der Waals surface area contributed by atoms with Crippen molar-refractivity contribution in [3.8, 4) is 11.5 Å². The van der Waals surface area contributed by atoms with E-state index in [2.05, 4.69) is 0 Å². The predicted octanol–water partition coefficient (Wildman–Crippen LogP) is 3.56. The van der Waals surface area contributed by atoms with Gasteiger partial charge in [-0.3, -0.25) is 4.79 Å². The lowest BCUT2D eigenvalue weighted by atomic mass is 10.1. The zero-order valence-corrected chi connectivity index (χ0v) is 15.4. The van der Waals surface area contributed by atoms with Gasteiger partial charge in [-0.1, -0.05) is 18.2 Å². The molecule has 1 aliphatic heterocycles. The van der Waals surface area contributed by atoms with Gasteiger partial charge in [0.1, 0.15) is 17.3 Å². The number of halogens is 1. The molecule has 0 spiro atoms.